The molecule has 0 saturated heterocycles. The fourth-order valence-electron chi connectivity index (χ4n) is 3.52. The van der Waals surface area contributed by atoms with Crippen LogP contribution in [-0.4, -0.2) is 36.4 Å². The topological polar surface area (TPSA) is 116 Å². The van der Waals surface area contributed by atoms with Crippen LogP contribution in [0.5, 0.6) is 0 Å². The van der Waals surface area contributed by atoms with E-state index in [2.05, 4.69) is 10.6 Å². The van der Waals surface area contributed by atoms with Crippen molar-refractivity contribution in [2.24, 2.45) is 0 Å². The fraction of sp³-hybridized carbons (Fsp3) is 0.308. The molecule has 0 heterocycles. The molecule has 7 nitrogen and oxygen atoms in total. The molecule has 0 radical (unpaired) electrons. The molecule has 1 amide bonds. The van der Waals surface area contributed by atoms with Crippen molar-refractivity contribution < 1.29 is 9.18 Å². The molecule has 1 aliphatic carbocycles. The van der Waals surface area contributed by atoms with Crippen LogP contribution in [0.1, 0.15) is 50.7 Å². The van der Waals surface area contributed by atoms with E-state index in [4.69, 9.17) is 16.1 Å². The van der Waals surface area contributed by atoms with Crippen molar-refractivity contribution in [3.8, 4) is 6.07 Å². The Morgan fingerprint density at radius 3 is 2.65 bits per heavy atom. The zero-order valence-electron chi connectivity index (χ0n) is 19.8. The van der Waals surface area contributed by atoms with Gasteiger partial charge < -0.3 is 16.0 Å². The number of nitrogens with one attached hydrogen (secondary N) is 4. The van der Waals surface area contributed by atoms with E-state index in [0.717, 1.165) is 37.1 Å². The Balaban J connectivity index is 2.38. The molecule has 8 heteroatoms. The Bertz CT molecular complexity index is 1110. The third kappa shape index (κ3) is 6.75. The van der Waals surface area contributed by atoms with E-state index in [0.29, 0.717) is 35.5 Å². The van der Waals surface area contributed by atoms with Gasteiger partial charge in [-0.1, -0.05) is 12.5 Å². The van der Waals surface area contributed by atoms with E-state index in [9.17, 15) is 9.18 Å². The molecule has 0 atom stereocenters. The Morgan fingerprint density at radius 2 is 2.00 bits per heavy atom. The molecule has 0 unspecified atom stereocenters. The normalized spacial score (nSPS) is 14.7. The van der Waals surface area contributed by atoms with Crippen molar-refractivity contribution in [1.82, 2.24) is 15.5 Å². The van der Waals surface area contributed by atoms with Gasteiger partial charge in [-0.05, 0) is 69.5 Å². The van der Waals surface area contributed by atoms with Crippen LogP contribution in [0.2, 0.25) is 0 Å². The third-order valence-electron chi connectivity index (χ3n) is 5.53. The molecule has 0 fully saturated rings. The molecule has 2 rings (SSSR count). The average molecular weight is 463 g/mol. The molecular weight excluding hydrogens is 431 g/mol. The second kappa shape index (κ2) is 12.9. The quantitative estimate of drug-likeness (QED) is 0.168. The highest BCUT2D eigenvalue weighted by Gasteiger charge is 2.21. The lowest BCUT2D eigenvalue weighted by Crippen LogP contribution is -2.30. The van der Waals surface area contributed by atoms with Gasteiger partial charge in [0.05, 0.1) is 11.3 Å². The molecule has 4 N–H and O–H groups in total. The van der Waals surface area contributed by atoms with Gasteiger partial charge in [-0.2, -0.15) is 5.26 Å². The van der Waals surface area contributed by atoms with Crippen LogP contribution >= 0.6 is 0 Å². The number of hydrogen-bond acceptors (Lipinski definition) is 5. The van der Waals surface area contributed by atoms with Crippen molar-refractivity contribution in [3.05, 3.63) is 82.1 Å². The summed E-state index contributed by atoms with van der Waals surface area (Å²) in [6, 6.07) is 5.95. The molecule has 1 aromatic rings. The maximum absolute atomic E-state index is 14.3. The molecule has 178 valence electrons. The lowest BCUT2D eigenvalue weighted by atomic mass is 10.00. The van der Waals surface area contributed by atoms with Crippen LogP contribution in [0.3, 0.4) is 0 Å². The first-order chi connectivity index (χ1) is 16.3. The number of rotatable bonds is 11. The number of nitriles is 1. The summed E-state index contributed by atoms with van der Waals surface area (Å²) < 4.78 is 14.3. The minimum absolute atomic E-state index is 0.0677. The summed E-state index contributed by atoms with van der Waals surface area (Å²) in [4.78, 5) is 12.1. The number of amides is 1. The number of allylic oxidation sites excluding steroid dienone is 7. The first kappa shape index (κ1) is 26.3. The predicted molar refractivity (Wildman–Crippen MR) is 133 cm³/mol. The molecule has 0 bridgehead atoms. The number of amidine groups is 1. The smallest absolute Gasteiger partial charge is 0.207 e. The Hall–Kier alpha value is -3.99. The maximum Gasteiger partial charge on any atom is 0.207 e. The van der Waals surface area contributed by atoms with Crippen molar-refractivity contribution in [2.45, 2.75) is 39.5 Å². The second-order valence-corrected chi connectivity index (χ2v) is 7.86. The molecule has 0 aromatic heterocycles. The summed E-state index contributed by atoms with van der Waals surface area (Å²) in [6.45, 7) is 4.42. The van der Waals surface area contributed by atoms with E-state index >= 15 is 0 Å². The lowest BCUT2D eigenvalue weighted by Gasteiger charge is -2.29. The highest BCUT2D eigenvalue weighted by Crippen LogP contribution is 2.25. The summed E-state index contributed by atoms with van der Waals surface area (Å²) in [7, 11) is 1.79. The minimum Gasteiger partial charge on any atom is -0.391 e. The summed E-state index contributed by atoms with van der Waals surface area (Å²) in [5.74, 6) is -0.602. The first-order valence-electron chi connectivity index (χ1n) is 11.1. The van der Waals surface area contributed by atoms with Gasteiger partial charge in [0.15, 0.2) is 0 Å². The van der Waals surface area contributed by atoms with E-state index in [-0.39, 0.29) is 11.4 Å². The van der Waals surface area contributed by atoms with Crippen molar-refractivity contribution in [2.75, 3.05) is 13.6 Å². The van der Waals surface area contributed by atoms with Gasteiger partial charge in [0.1, 0.15) is 17.7 Å². The number of halogens is 1. The fourth-order valence-corrected chi connectivity index (χ4v) is 3.52. The molecule has 0 spiro atoms. The van der Waals surface area contributed by atoms with E-state index in [1.54, 1.807) is 36.2 Å². The van der Waals surface area contributed by atoms with Crippen molar-refractivity contribution in [3.63, 3.8) is 0 Å². The van der Waals surface area contributed by atoms with Gasteiger partial charge in [-0.3, -0.25) is 15.1 Å². The molecule has 1 aromatic carbocycles. The zero-order valence-corrected chi connectivity index (χ0v) is 19.8. The summed E-state index contributed by atoms with van der Waals surface area (Å²) >= 11 is 0. The summed E-state index contributed by atoms with van der Waals surface area (Å²) in [5, 5.41) is 31.9. The predicted octanol–water partition coefficient (Wildman–Crippen LogP) is 4.50. The van der Waals surface area contributed by atoms with Crippen LogP contribution in [0, 0.1) is 28.0 Å². The number of carbonyl (C=O) groups is 1. The van der Waals surface area contributed by atoms with Gasteiger partial charge >= 0.3 is 0 Å². The molecular formula is C26H31FN6O. The second-order valence-electron chi connectivity index (χ2n) is 7.86. The van der Waals surface area contributed by atoms with Crippen molar-refractivity contribution in [1.29, 1.82) is 16.1 Å². The van der Waals surface area contributed by atoms with Crippen LogP contribution in [0.15, 0.2) is 65.2 Å². The van der Waals surface area contributed by atoms with Crippen LogP contribution < -0.4 is 10.6 Å². The number of unbranched alkanes of at least 4 members (excludes halogenated alkanes) is 3. The highest BCUT2D eigenvalue weighted by molar-refractivity contribution is 6.10. The van der Waals surface area contributed by atoms with Gasteiger partial charge in [-0.15, -0.1) is 0 Å². The van der Waals surface area contributed by atoms with Crippen LogP contribution in [0.4, 0.5) is 4.39 Å². The maximum atomic E-state index is 14.3. The van der Waals surface area contributed by atoms with Gasteiger partial charge in [0.25, 0.3) is 0 Å². The third-order valence-corrected chi connectivity index (χ3v) is 5.53. The summed E-state index contributed by atoms with van der Waals surface area (Å²) in [6.07, 6.45) is 11.6. The Morgan fingerprint density at radius 1 is 1.24 bits per heavy atom. The van der Waals surface area contributed by atoms with Gasteiger partial charge in [0.2, 0.25) is 6.41 Å². The lowest BCUT2D eigenvalue weighted by molar-refractivity contribution is -0.109. The first-order valence-corrected chi connectivity index (χ1v) is 11.1. The van der Waals surface area contributed by atoms with E-state index < -0.39 is 5.82 Å². The SMILES string of the molecule is CN/C(C)=C1/C=C(N(C(=N)c2ccc(C#N)c(F)c2)/C(C)=C/CCCCCNC=O)C=CC1=N. The van der Waals surface area contributed by atoms with Gasteiger partial charge in [0, 0.05) is 41.8 Å². The molecule has 34 heavy (non-hydrogen) atoms. The van der Waals surface area contributed by atoms with E-state index in [1.165, 1.54) is 12.1 Å². The minimum atomic E-state index is -0.670. The van der Waals surface area contributed by atoms with Gasteiger partial charge in [-0.25, -0.2) is 4.39 Å². The number of carbonyl (C=O) groups excluding carboxylic acids is 1. The number of nitrogens with zero attached hydrogens (tertiary/aromatic N) is 2. The Kier molecular flexibility index (Phi) is 9.96. The van der Waals surface area contributed by atoms with Crippen LogP contribution in [-0.2, 0) is 4.79 Å². The monoisotopic (exact) mass is 462 g/mol. The number of hydrogen-bond donors (Lipinski definition) is 4. The molecule has 0 saturated carbocycles. The Labute approximate surface area is 200 Å². The summed E-state index contributed by atoms with van der Waals surface area (Å²) in [5.41, 5.74) is 3.64. The zero-order chi connectivity index (χ0) is 25.1. The average Bonchev–Trinajstić information content (AvgIpc) is 2.83. The van der Waals surface area contributed by atoms with E-state index in [1.807, 2.05) is 26.0 Å². The highest BCUT2D eigenvalue weighted by atomic mass is 19.1. The van der Waals surface area contributed by atoms with Crippen molar-refractivity contribution >= 4 is 18.0 Å². The van der Waals surface area contributed by atoms with Crippen LogP contribution in [0.25, 0.3) is 0 Å². The molecule has 0 aliphatic heterocycles. The number of benzene rings is 1. The largest absolute Gasteiger partial charge is 0.391 e. The molecule has 1 aliphatic rings. The standard InChI is InChI=1S/C26H31FN6O/c1-18(8-6-4-5-7-13-32-17-34)33(22-11-12-25(29)23(15-22)19(2)31-3)26(30)20-9-10-21(16-28)24(27)14-20/h8-12,14-15,17,29-31H,4-7,13H2,1-3H3,(H,32,34)/b18-8+,23-19-,29-25?,30-26?.